The predicted octanol–water partition coefficient (Wildman–Crippen LogP) is 3.71. The Balaban J connectivity index is 1.80. The molecule has 0 radical (unpaired) electrons. The number of thiocarbonyl (C=S) groups is 1. The van der Waals surface area contributed by atoms with Crippen molar-refractivity contribution in [2.45, 2.75) is 38.4 Å². The fraction of sp³-hybridized carbons (Fsp3) is 0.471. The second-order valence-corrected chi connectivity index (χ2v) is 7.25. The van der Waals surface area contributed by atoms with Crippen LogP contribution < -0.4 is 10.6 Å². The molecule has 1 heterocycles. The summed E-state index contributed by atoms with van der Waals surface area (Å²) in [7, 11) is 0. The van der Waals surface area contributed by atoms with Crippen LogP contribution in [0.25, 0.3) is 0 Å². The number of thioether (sulfide) groups is 1. The van der Waals surface area contributed by atoms with E-state index in [4.69, 9.17) is 12.2 Å². The monoisotopic (exact) mass is 381 g/mol. The number of aryl methyl sites for hydroxylation is 1. The Morgan fingerprint density at radius 2 is 2.08 bits per heavy atom. The Morgan fingerprint density at radius 1 is 1.32 bits per heavy atom. The van der Waals surface area contributed by atoms with Gasteiger partial charge < -0.3 is 15.2 Å². The minimum Gasteiger partial charge on any atom is -0.362 e. The van der Waals surface area contributed by atoms with E-state index in [1.807, 2.05) is 6.26 Å². The zero-order chi connectivity index (χ0) is 18.2. The van der Waals surface area contributed by atoms with Crippen molar-refractivity contribution in [3.8, 4) is 0 Å². The highest BCUT2D eigenvalue weighted by Crippen LogP contribution is 2.16. The smallest absolute Gasteiger partial charge is 0.190 e. The van der Waals surface area contributed by atoms with Crippen LogP contribution in [-0.4, -0.2) is 32.7 Å². The SMILES string of the molecule is CSc1nnc(CCCNC(=S)Nc2ccccc2F)n1CC(C)C. The first-order valence-corrected chi connectivity index (χ1v) is 9.90. The molecule has 25 heavy (non-hydrogen) atoms. The summed E-state index contributed by atoms with van der Waals surface area (Å²) in [6.07, 6.45) is 3.69. The highest BCUT2D eigenvalue weighted by atomic mass is 32.2. The Labute approximate surface area is 157 Å². The summed E-state index contributed by atoms with van der Waals surface area (Å²) in [5.41, 5.74) is 0.376. The molecule has 0 fully saturated rings. The number of anilines is 1. The summed E-state index contributed by atoms with van der Waals surface area (Å²) < 4.78 is 15.8. The third kappa shape index (κ3) is 5.97. The van der Waals surface area contributed by atoms with Crippen molar-refractivity contribution in [1.29, 1.82) is 0 Å². The molecule has 1 aromatic carbocycles. The van der Waals surface area contributed by atoms with Gasteiger partial charge >= 0.3 is 0 Å². The fourth-order valence-corrected chi connectivity index (χ4v) is 3.12. The van der Waals surface area contributed by atoms with Crippen molar-refractivity contribution in [2.24, 2.45) is 5.92 Å². The van der Waals surface area contributed by atoms with Crippen molar-refractivity contribution < 1.29 is 4.39 Å². The summed E-state index contributed by atoms with van der Waals surface area (Å²) in [5, 5.41) is 15.9. The van der Waals surface area contributed by atoms with Crippen LogP contribution in [0.2, 0.25) is 0 Å². The van der Waals surface area contributed by atoms with Crippen molar-refractivity contribution in [3.63, 3.8) is 0 Å². The van der Waals surface area contributed by atoms with Gasteiger partial charge in [-0.1, -0.05) is 37.7 Å². The number of rotatable bonds is 8. The topological polar surface area (TPSA) is 54.8 Å². The Morgan fingerprint density at radius 3 is 2.76 bits per heavy atom. The number of benzene rings is 1. The van der Waals surface area contributed by atoms with E-state index < -0.39 is 0 Å². The molecule has 0 saturated heterocycles. The van der Waals surface area contributed by atoms with Crippen LogP contribution >= 0.6 is 24.0 Å². The maximum atomic E-state index is 13.6. The van der Waals surface area contributed by atoms with Crippen LogP contribution in [0.5, 0.6) is 0 Å². The zero-order valence-electron chi connectivity index (χ0n) is 14.8. The van der Waals surface area contributed by atoms with Gasteiger partial charge in [0.25, 0.3) is 0 Å². The van der Waals surface area contributed by atoms with Gasteiger partial charge in [0.2, 0.25) is 0 Å². The van der Waals surface area contributed by atoms with Gasteiger partial charge in [0.05, 0.1) is 5.69 Å². The molecule has 0 bridgehead atoms. The standard InChI is InChI=1S/C17H24FN5S2/c1-12(2)11-23-15(21-22-17(23)25-3)9-6-10-19-16(24)20-14-8-5-4-7-13(14)18/h4-5,7-8,12H,6,9-11H2,1-3H3,(H2,19,20,24). The highest BCUT2D eigenvalue weighted by Gasteiger charge is 2.12. The van der Waals surface area contributed by atoms with E-state index in [1.165, 1.54) is 6.07 Å². The van der Waals surface area contributed by atoms with Crippen LogP contribution in [0.15, 0.2) is 29.4 Å². The molecule has 0 saturated carbocycles. The number of nitrogens with one attached hydrogen (secondary N) is 2. The summed E-state index contributed by atoms with van der Waals surface area (Å²) in [4.78, 5) is 0. The van der Waals surface area contributed by atoms with E-state index in [2.05, 4.69) is 39.2 Å². The maximum absolute atomic E-state index is 13.6. The fourth-order valence-electron chi connectivity index (χ4n) is 2.38. The lowest BCUT2D eigenvalue weighted by atomic mass is 10.2. The number of aromatic nitrogens is 3. The largest absolute Gasteiger partial charge is 0.362 e. The molecule has 2 aromatic rings. The lowest BCUT2D eigenvalue weighted by molar-refractivity contribution is 0.477. The summed E-state index contributed by atoms with van der Waals surface area (Å²) in [5.74, 6) is 1.21. The molecule has 1 aromatic heterocycles. The van der Waals surface area contributed by atoms with Gasteiger partial charge in [0.1, 0.15) is 11.6 Å². The molecule has 2 N–H and O–H groups in total. The van der Waals surface area contributed by atoms with Gasteiger partial charge in [0.15, 0.2) is 10.3 Å². The quantitative estimate of drug-likeness (QED) is 0.413. The molecule has 136 valence electrons. The lowest BCUT2D eigenvalue weighted by Crippen LogP contribution is -2.30. The molecule has 0 spiro atoms. The van der Waals surface area contributed by atoms with Crippen LogP contribution in [0.4, 0.5) is 10.1 Å². The van der Waals surface area contributed by atoms with Crippen LogP contribution in [0, 0.1) is 11.7 Å². The van der Waals surface area contributed by atoms with Crippen LogP contribution in [0.3, 0.4) is 0 Å². The molecule has 0 amide bonds. The number of hydrogen-bond acceptors (Lipinski definition) is 4. The molecule has 0 aliphatic rings. The van der Waals surface area contributed by atoms with Crippen molar-refractivity contribution >= 4 is 34.8 Å². The van der Waals surface area contributed by atoms with Crippen molar-refractivity contribution in [3.05, 3.63) is 35.9 Å². The molecule has 0 aliphatic carbocycles. The van der Waals surface area contributed by atoms with Crippen LogP contribution in [0.1, 0.15) is 26.1 Å². The summed E-state index contributed by atoms with van der Waals surface area (Å²) in [6, 6.07) is 6.46. The van der Waals surface area contributed by atoms with E-state index >= 15 is 0 Å². The van der Waals surface area contributed by atoms with Crippen LogP contribution in [-0.2, 0) is 13.0 Å². The Kier molecular flexibility index (Phi) is 7.64. The average molecular weight is 382 g/mol. The first-order chi connectivity index (χ1) is 12.0. The molecule has 0 unspecified atom stereocenters. The first-order valence-electron chi connectivity index (χ1n) is 8.26. The number of hydrogen-bond donors (Lipinski definition) is 2. The minimum absolute atomic E-state index is 0.321. The van der Waals surface area contributed by atoms with E-state index in [0.717, 1.165) is 30.4 Å². The summed E-state index contributed by atoms with van der Waals surface area (Å²) >= 11 is 6.82. The highest BCUT2D eigenvalue weighted by molar-refractivity contribution is 7.98. The molecule has 8 heteroatoms. The van der Waals surface area contributed by atoms with E-state index in [1.54, 1.807) is 30.0 Å². The van der Waals surface area contributed by atoms with Crippen molar-refractivity contribution in [1.82, 2.24) is 20.1 Å². The third-order valence-electron chi connectivity index (χ3n) is 3.51. The molecular weight excluding hydrogens is 357 g/mol. The average Bonchev–Trinajstić information content (AvgIpc) is 2.95. The maximum Gasteiger partial charge on any atom is 0.190 e. The molecule has 0 aliphatic heterocycles. The normalized spacial score (nSPS) is 10.9. The molecule has 5 nitrogen and oxygen atoms in total. The second kappa shape index (κ2) is 9.72. The zero-order valence-corrected chi connectivity index (χ0v) is 16.4. The molecule has 0 atom stereocenters. The Hall–Kier alpha value is -1.67. The van der Waals surface area contributed by atoms with Gasteiger partial charge in [-0.2, -0.15) is 0 Å². The van der Waals surface area contributed by atoms with Gasteiger partial charge in [-0.15, -0.1) is 10.2 Å². The predicted molar refractivity (Wildman–Crippen MR) is 106 cm³/mol. The number of para-hydroxylation sites is 1. The van der Waals surface area contributed by atoms with E-state index in [0.29, 0.717) is 23.3 Å². The number of nitrogens with zero attached hydrogens (tertiary/aromatic N) is 3. The lowest BCUT2D eigenvalue weighted by Gasteiger charge is -2.13. The number of halogens is 1. The Bertz CT molecular complexity index is 702. The van der Waals surface area contributed by atoms with Gasteiger partial charge in [-0.05, 0) is 42.9 Å². The van der Waals surface area contributed by atoms with Gasteiger partial charge in [0, 0.05) is 19.5 Å². The summed E-state index contributed by atoms with van der Waals surface area (Å²) in [6.45, 7) is 5.97. The van der Waals surface area contributed by atoms with Gasteiger partial charge in [-0.25, -0.2) is 4.39 Å². The minimum atomic E-state index is -0.321. The second-order valence-electron chi connectivity index (χ2n) is 6.07. The third-order valence-corrected chi connectivity index (χ3v) is 4.42. The molecular formula is C17H24FN5S2. The van der Waals surface area contributed by atoms with Crippen molar-refractivity contribution in [2.75, 3.05) is 18.1 Å². The van der Waals surface area contributed by atoms with E-state index in [-0.39, 0.29) is 5.82 Å². The first kappa shape index (κ1) is 19.7. The molecule has 2 rings (SSSR count). The van der Waals surface area contributed by atoms with Gasteiger partial charge in [-0.3, -0.25) is 0 Å². The van der Waals surface area contributed by atoms with E-state index in [9.17, 15) is 4.39 Å².